The molecule has 1 amide bonds. The van der Waals surface area contributed by atoms with Crippen molar-refractivity contribution in [3.8, 4) is 0 Å². The van der Waals surface area contributed by atoms with Crippen molar-refractivity contribution in [2.45, 2.75) is 270 Å². The van der Waals surface area contributed by atoms with Crippen molar-refractivity contribution in [2.24, 2.45) is 0 Å². The van der Waals surface area contributed by atoms with Crippen molar-refractivity contribution in [1.82, 2.24) is 5.32 Å². The number of aliphatic hydroxyl groups excluding tert-OH is 3. The molecule has 0 aliphatic rings. The summed E-state index contributed by atoms with van der Waals surface area (Å²) >= 11 is 0. The van der Waals surface area contributed by atoms with Gasteiger partial charge in [-0.05, 0) is 12.8 Å². The molecule has 0 bridgehead atoms. The normalized spacial score (nSPS) is 13.5. The van der Waals surface area contributed by atoms with Gasteiger partial charge in [0.05, 0.1) is 18.8 Å². The summed E-state index contributed by atoms with van der Waals surface area (Å²) in [6, 6.07) is -0.802. The molecule has 4 N–H and O–H groups in total. The van der Waals surface area contributed by atoms with Crippen LogP contribution in [0.2, 0.25) is 0 Å². The van der Waals surface area contributed by atoms with Crippen molar-refractivity contribution in [1.29, 1.82) is 0 Å². The molecule has 0 aromatic rings. The Kier molecular flexibility index (Phi) is 39.6. The highest BCUT2D eigenvalue weighted by Gasteiger charge is 2.26. The first kappa shape index (κ1) is 48.3. The zero-order chi connectivity index (χ0) is 35.9. The number of hydrogen-bond donors (Lipinski definition) is 4. The van der Waals surface area contributed by atoms with Gasteiger partial charge < -0.3 is 20.6 Å². The van der Waals surface area contributed by atoms with Crippen LogP contribution in [0.15, 0.2) is 0 Å². The van der Waals surface area contributed by atoms with Crippen LogP contribution in [-0.4, -0.2) is 46.1 Å². The number of rotatable bonds is 41. The second-order valence-corrected chi connectivity index (χ2v) is 15.6. The Morgan fingerprint density at radius 3 is 0.980 bits per heavy atom. The van der Waals surface area contributed by atoms with Gasteiger partial charge in [0.15, 0.2) is 0 Å². The smallest absolute Gasteiger partial charge is 0.220 e. The summed E-state index contributed by atoms with van der Waals surface area (Å²) in [6.45, 7) is 4.20. The summed E-state index contributed by atoms with van der Waals surface area (Å²) in [4.78, 5) is 12.4. The van der Waals surface area contributed by atoms with Gasteiger partial charge in [0.2, 0.25) is 5.91 Å². The Bertz CT molecular complexity index is 644. The van der Waals surface area contributed by atoms with Crippen molar-refractivity contribution in [3.63, 3.8) is 0 Å². The van der Waals surface area contributed by atoms with E-state index < -0.39 is 18.2 Å². The van der Waals surface area contributed by atoms with E-state index in [-0.39, 0.29) is 12.5 Å². The van der Waals surface area contributed by atoms with E-state index in [0.29, 0.717) is 12.8 Å². The van der Waals surface area contributed by atoms with Crippen molar-refractivity contribution in [3.05, 3.63) is 0 Å². The Morgan fingerprint density at radius 1 is 0.429 bits per heavy atom. The first-order chi connectivity index (χ1) is 24.1. The van der Waals surface area contributed by atoms with E-state index in [9.17, 15) is 20.1 Å². The summed E-state index contributed by atoms with van der Waals surface area (Å²) in [6.07, 6.45) is 44.9. The van der Waals surface area contributed by atoms with E-state index in [1.165, 1.54) is 193 Å². The molecule has 0 saturated heterocycles. The lowest BCUT2D eigenvalue weighted by molar-refractivity contribution is -0.124. The monoisotopic (exact) mass is 696 g/mol. The van der Waals surface area contributed by atoms with Crippen LogP contribution in [0.4, 0.5) is 0 Å². The number of aliphatic hydroxyl groups is 3. The minimum atomic E-state index is -1.13. The Morgan fingerprint density at radius 2 is 0.694 bits per heavy atom. The minimum Gasteiger partial charge on any atom is -0.394 e. The lowest BCUT2D eigenvalue weighted by atomic mass is 9.99. The van der Waals surface area contributed by atoms with Crippen LogP contribution in [0.3, 0.4) is 0 Å². The second kappa shape index (κ2) is 40.1. The second-order valence-electron chi connectivity index (χ2n) is 15.6. The van der Waals surface area contributed by atoms with E-state index >= 15 is 0 Å². The number of unbranched alkanes of at least 4 members (excludes halogenated alkanes) is 33. The molecular weight excluding hydrogens is 606 g/mol. The van der Waals surface area contributed by atoms with Gasteiger partial charge in [-0.25, -0.2) is 0 Å². The van der Waals surface area contributed by atoms with E-state index in [1.54, 1.807) is 0 Å². The van der Waals surface area contributed by atoms with Gasteiger partial charge in [0, 0.05) is 6.42 Å². The Hall–Kier alpha value is -0.650. The van der Waals surface area contributed by atoms with E-state index in [2.05, 4.69) is 19.2 Å². The predicted molar refractivity (Wildman–Crippen MR) is 213 cm³/mol. The quantitative estimate of drug-likeness (QED) is 0.0479. The average molecular weight is 696 g/mol. The first-order valence-electron chi connectivity index (χ1n) is 22.3. The molecular formula is C44H89NO4. The van der Waals surface area contributed by atoms with Crippen LogP contribution >= 0.6 is 0 Å². The third-order valence-electron chi connectivity index (χ3n) is 10.7. The molecule has 0 unspecified atom stereocenters. The largest absolute Gasteiger partial charge is 0.394 e. The maximum absolute atomic E-state index is 12.4. The molecule has 5 nitrogen and oxygen atoms in total. The lowest BCUT2D eigenvalue weighted by Gasteiger charge is -2.26. The number of carbonyl (C=O) groups excluding carboxylic acids is 1. The van der Waals surface area contributed by atoms with Crippen LogP contribution in [0.25, 0.3) is 0 Å². The molecule has 0 spiro atoms. The fraction of sp³-hybridized carbons (Fsp3) is 0.977. The SMILES string of the molecule is CCCCCCCCCCCCCCCCCCCCCC(=O)N[C@@H](CO)[C@H](O)[C@H](O)CCCCCCCCCCCCCCCCCC. The third kappa shape index (κ3) is 35.5. The highest BCUT2D eigenvalue weighted by Crippen LogP contribution is 2.17. The number of nitrogens with one attached hydrogen (secondary N) is 1. The van der Waals surface area contributed by atoms with Gasteiger partial charge >= 0.3 is 0 Å². The summed E-state index contributed by atoms with van der Waals surface area (Å²) < 4.78 is 0. The van der Waals surface area contributed by atoms with Crippen LogP contribution < -0.4 is 5.32 Å². The summed E-state index contributed by atoms with van der Waals surface area (Å²) in [7, 11) is 0. The summed E-state index contributed by atoms with van der Waals surface area (Å²) in [5.74, 6) is -0.139. The van der Waals surface area contributed by atoms with Crippen LogP contribution in [-0.2, 0) is 4.79 Å². The van der Waals surface area contributed by atoms with Gasteiger partial charge in [-0.2, -0.15) is 0 Å². The van der Waals surface area contributed by atoms with Gasteiger partial charge in [-0.1, -0.05) is 232 Å². The van der Waals surface area contributed by atoms with Crippen molar-refractivity contribution >= 4 is 5.91 Å². The Labute approximate surface area is 307 Å². The molecule has 5 heteroatoms. The molecule has 0 saturated carbocycles. The molecule has 0 aliphatic carbocycles. The molecule has 3 atom stereocenters. The van der Waals surface area contributed by atoms with Crippen LogP contribution in [0.1, 0.15) is 251 Å². The fourth-order valence-corrected chi connectivity index (χ4v) is 7.22. The maximum Gasteiger partial charge on any atom is 0.220 e. The first-order valence-corrected chi connectivity index (χ1v) is 22.3. The minimum absolute atomic E-state index is 0.139. The number of hydrogen-bond acceptors (Lipinski definition) is 4. The molecule has 0 aromatic carbocycles. The Balaban J connectivity index is 3.58. The lowest BCUT2D eigenvalue weighted by Crippen LogP contribution is -2.50. The molecule has 0 fully saturated rings. The number of carbonyl (C=O) groups is 1. The number of amides is 1. The zero-order valence-corrected chi connectivity index (χ0v) is 33.4. The van der Waals surface area contributed by atoms with Crippen LogP contribution in [0.5, 0.6) is 0 Å². The van der Waals surface area contributed by atoms with Gasteiger partial charge in [0.1, 0.15) is 6.10 Å². The summed E-state index contributed by atoms with van der Waals surface area (Å²) in [5.41, 5.74) is 0. The standard InChI is InChI=1S/C44H89NO4/c1-3-5-7-9-11-13-15-17-19-21-22-23-25-27-29-31-33-35-37-39-43(48)45-41(40-46)44(49)42(47)38-36-34-32-30-28-26-24-20-18-16-14-12-10-8-6-4-2/h41-42,44,46-47,49H,3-40H2,1-2H3,(H,45,48)/t41-,42+,44-/m0/s1. The molecule has 294 valence electrons. The van der Waals surface area contributed by atoms with Crippen molar-refractivity contribution in [2.75, 3.05) is 6.61 Å². The zero-order valence-electron chi connectivity index (χ0n) is 33.4. The molecule has 0 rings (SSSR count). The van der Waals surface area contributed by atoms with Gasteiger partial charge in [0.25, 0.3) is 0 Å². The maximum atomic E-state index is 12.4. The third-order valence-corrected chi connectivity index (χ3v) is 10.7. The average Bonchev–Trinajstić information content (AvgIpc) is 3.10. The van der Waals surface area contributed by atoms with Gasteiger partial charge in [-0.15, -0.1) is 0 Å². The molecule has 0 radical (unpaired) electrons. The predicted octanol–water partition coefficient (Wildman–Crippen LogP) is 12.7. The molecule has 49 heavy (non-hydrogen) atoms. The summed E-state index contributed by atoms with van der Waals surface area (Å²) in [5, 5.41) is 33.6. The highest BCUT2D eigenvalue weighted by molar-refractivity contribution is 5.76. The fourth-order valence-electron chi connectivity index (χ4n) is 7.22. The van der Waals surface area contributed by atoms with Crippen molar-refractivity contribution < 1.29 is 20.1 Å². The molecule has 0 heterocycles. The van der Waals surface area contributed by atoms with Crippen LogP contribution in [0, 0.1) is 0 Å². The highest BCUT2D eigenvalue weighted by atomic mass is 16.3. The molecule has 0 aliphatic heterocycles. The van der Waals surface area contributed by atoms with Gasteiger partial charge in [-0.3, -0.25) is 4.79 Å². The topological polar surface area (TPSA) is 89.8 Å². The van der Waals surface area contributed by atoms with E-state index in [1.807, 2.05) is 0 Å². The molecule has 0 aromatic heterocycles. The van der Waals surface area contributed by atoms with E-state index in [4.69, 9.17) is 0 Å². The van der Waals surface area contributed by atoms with E-state index in [0.717, 1.165) is 32.1 Å².